The average molecular weight is 504 g/mol. The molecule has 5 rings (SSSR count). The van der Waals surface area contributed by atoms with Crippen molar-refractivity contribution in [2.24, 2.45) is 5.92 Å². The summed E-state index contributed by atoms with van der Waals surface area (Å²) in [5.41, 5.74) is 2.06. The maximum Gasteiger partial charge on any atom is 0.264 e. The van der Waals surface area contributed by atoms with Crippen LogP contribution < -0.4 is 0 Å². The molecule has 0 saturated carbocycles. The van der Waals surface area contributed by atoms with Crippen LogP contribution in [0, 0.1) is 29.6 Å². The summed E-state index contributed by atoms with van der Waals surface area (Å²) in [7, 11) is -3.88. The number of aromatic nitrogens is 2. The van der Waals surface area contributed by atoms with Gasteiger partial charge in [-0.2, -0.15) is 9.57 Å². The maximum absolute atomic E-state index is 13.5. The maximum atomic E-state index is 13.5. The number of carbonyl (C=O) groups excluding carboxylic acids is 1. The Kier molecular flexibility index (Phi) is 5.81. The normalized spacial score (nSPS) is 17.8. The summed E-state index contributed by atoms with van der Waals surface area (Å²) in [5, 5.41) is 10.4. The Morgan fingerprint density at radius 1 is 1.29 bits per heavy atom. The summed E-state index contributed by atoms with van der Waals surface area (Å²) < 4.78 is 29.2. The van der Waals surface area contributed by atoms with Gasteiger partial charge in [0.05, 0.1) is 33.1 Å². The summed E-state index contributed by atoms with van der Waals surface area (Å²) in [6, 6.07) is 13.9. The van der Waals surface area contributed by atoms with Crippen LogP contribution >= 0.6 is 11.3 Å². The van der Waals surface area contributed by atoms with Crippen molar-refractivity contribution in [1.29, 1.82) is 5.26 Å². The van der Waals surface area contributed by atoms with Gasteiger partial charge in [-0.1, -0.05) is 5.92 Å². The van der Waals surface area contributed by atoms with Gasteiger partial charge in [-0.25, -0.2) is 8.42 Å². The lowest BCUT2D eigenvalue weighted by Crippen LogP contribution is -2.58. The summed E-state index contributed by atoms with van der Waals surface area (Å²) in [5.74, 6) is 1.77. The number of amides is 1. The molecular formula is C25H21N5O3S2. The number of aromatic amines is 1. The molecule has 1 aromatic carbocycles. The number of terminal acetylenes is 1. The highest BCUT2D eigenvalue weighted by atomic mass is 32.2. The molecule has 1 aliphatic heterocycles. The van der Waals surface area contributed by atoms with Gasteiger partial charge in [-0.3, -0.25) is 9.78 Å². The van der Waals surface area contributed by atoms with Crippen molar-refractivity contribution in [3.8, 4) is 18.4 Å². The number of nitrogens with zero attached hydrogens (tertiary/aromatic N) is 4. The third kappa shape index (κ3) is 4.06. The number of H-pyrrole nitrogens is 1. The zero-order valence-electron chi connectivity index (χ0n) is 18.8. The predicted octanol–water partition coefficient (Wildman–Crippen LogP) is 3.43. The number of nitrogens with one attached hydrogen (secondary N) is 1. The van der Waals surface area contributed by atoms with Crippen LogP contribution in [0.5, 0.6) is 0 Å². The first-order chi connectivity index (χ1) is 16.8. The SMILES string of the molecule is C#Cc1ccc2[nH]c(S(=O)(=O)N3CCN(C(=O)c4cc5ncccc5s4)C(C(C)C#N)C3)cc2c1. The molecule has 0 aliphatic carbocycles. The summed E-state index contributed by atoms with van der Waals surface area (Å²) >= 11 is 1.34. The van der Waals surface area contributed by atoms with Crippen LogP contribution in [0.15, 0.2) is 53.7 Å². The summed E-state index contributed by atoms with van der Waals surface area (Å²) in [6.45, 7) is 2.03. The molecular weight excluding hydrogens is 482 g/mol. The minimum atomic E-state index is -3.88. The predicted molar refractivity (Wildman–Crippen MR) is 134 cm³/mol. The molecule has 1 aliphatic rings. The van der Waals surface area contributed by atoms with Crippen LogP contribution in [0.2, 0.25) is 0 Å². The van der Waals surface area contributed by atoms with Crippen molar-refractivity contribution in [1.82, 2.24) is 19.2 Å². The number of piperazine rings is 1. The van der Waals surface area contributed by atoms with Crippen molar-refractivity contribution < 1.29 is 13.2 Å². The molecule has 4 heterocycles. The Morgan fingerprint density at radius 3 is 2.86 bits per heavy atom. The standard InChI is InChI=1S/C25H21N5O3S2/c1-3-17-6-7-19-18(11-17)12-24(28-19)35(32,33)29-9-10-30(21(15-29)16(2)14-26)25(31)23-13-20-22(34-23)5-4-8-27-20/h1,4-8,11-13,16,21,28H,9-10,15H2,2H3. The zero-order chi connectivity index (χ0) is 24.7. The molecule has 1 amide bonds. The van der Waals surface area contributed by atoms with Gasteiger partial charge in [0.1, 0.15) is 5.03 Å². The minimum absolute atomic E-state index is 0.0247. The van der Waals surface area contributed by atoms with Crippen LogP contribution in [0.3, 0.4) is 0 Å². The van der Waals surface area contributed by atoms with Crippen LogP contribution in [0.25, 0.3) is 21.1 Å². The van der Waals surface area contributed by atoms with E-state index < -0.39 is 22.0 Å². The van der Waals surface area contributed by atoms with Crippen LogP contribution in [-0.4, -0.2) is 59.2 Å². The number of pyridine rings is 1. The third-order valence-corrected chi connectivity index (χ3v) is 9.17. The first-order valence-corrected chi connectivity index (χ1v) is 13.2. The van der Waals surface area contributed by atoms with Gasteiger partial charge in [0.25, 0.3) is 15.9 Å². The zero-order valence-corrected chi connectivity index (χ0v) is 20.4. The van der Waals surface area contributed by atoms with E-state index in [0.29, 0.717) is 21.3 Å². The topological polar surface area (TPSA) is 110 Å². The molecule has 4 aromatic rings. The van der Waals surface area contributed by atoms with Gasteiger partial charge in [0.15, 0.2) is 0 Å². The Bertz CT molecular complexity index is 1610. The second-order valence-electron chi connectivity index (χ2n) is 8.42. The molecule has 1 saturated heterocycles. The summed E-state index contributed by atoms with van der Waals surface area (Å²) in [6.07, 6.45) is 7.13. The van der Waals surface area contributed by atoms with Crippen molar-refractivity contribution in [3.05, 3.63) is 59.1 Å². The molecule has 10 heteroatoms. The number of hydrogen-bond donors (Lipinski definition) is 1. The van der Waals surface area contributed by atoms with Crippen LogP contribution in [0.4, 0.5) is 0 Å². The van der Waals surface area contributed by atoms with E-state index in [1.807, 2.05) is 12.1 Å². The third-order valence-electron chi connectivity index (χ3n) is 6.30. The number of sulfonamides is 1. The molecule has 1 N–H and O–H groups in total. The van der Waals surface area contributed by atoms with E-state index in [0.717, 1.165) is 10.2 Å². The van der Waals surface area contributed by atoms with E-state index >= 15 is 0 Å². The van der Waals surface area contributed by atoms with Gasteiger partial charge in [0, 0.05) is 42.3 Å². The summed E-state index contributed by atoms with van der Waals surface area (Å²) in [4.78, 5) is 22.8. The fourth-order valence-electron chi connectivity index (χ4n) is 4.36. The second kappa shape index (κ2) is 8.82. The Balaban J connectivity index is 1.44. The number of fused-ring (bicyclic) bond motifs is 2. The second-order valence-corrected chi connectivity index (χ2v) is 11.4. The number of carbonyl (C=O) groups is 1. The highest BCUT2D eigenvalue weighted by Gasteiger charge is 2.40. The lowest BCUT2D eigenvalue weighted by molar-refractivity contribution is 0.0515. The van der Waals surface area contributed by atoms with Crippen LogP contribution in [0.1, 0.15) is 22.2 Å². The molecule has 2 unspecified atom stereocenters. The number of rotatable bonds is 4. The molecule has 3 aromatic heterocycles. The number of hydrogen-bond acceptors (Lipinski definition) is 6. The van der Waals surface area contributed by atoms with E-state index in [-0.39, 0.29) is 30.6 Å². The molecule has 35 heavy (non-hydrogen) atoms. The Hall–Kier alpha value is -3.70. The number of benzene rings is 1. The monoisotopic (exact) mass is 503 g/mol. The molecule has 0 radical (unpaired) electrons. The fraction of sp³-hybridized carbons (Fsp3) is 0.240. The van der Waals surface area contributed by atoms with E-state index in [2.05, 4.69) is 22.0 Å². The Morgan fingerprint density at radius 2 is 2.11 bits per heavy atom. The number of nitriles is 1. The largest absolute Gasteiger partial charge is 0.345 e. The Labute approximate surface area is 206 Å². The lowest BCUT2D eigenvalue weighted by atomic mass is 9.99. The van der Waals surface area contributed by atoms with Gasteiger partial charge in [0.2, 0.25) is 0 Å². The van der Waals surface area contributed by atoms with Crippen molar-refractivity contribution in [2.75, 3.05) is 19.6 Å². The van der Waals surface area contributed by atoms with Crippen molar-refractivity contribution >= 4 is 48.4 Å². The van der Waals surface area contributed by atoms with Gasteiger partial charge < -0.3 is 9.88 Å². The molecule has 2 atom stereocenters. The molecule has 1 fully saturated rings. The van der Waals surface area contributed by atoms with Gasteiger partial charge in [-0.05, 0) is 49.4 Å². The highest BCUT2D eigenvalue weighted by Crippen LogP contribution is 2.30. The van der Waals surface area contributed by atoms with Crippen LogP contribution in [-0.2, 0) is 10.0 Å². The molecule has 0 bridgehead atoms. The first-order valence-electron chi connectivity index (χ1n) is 11.0. The molecule has 8 nitrogen and oxygen atoms in total. The highest BCUT2D eigenvalue weighted by molar-refractivity contribution is 7.89. The lowest BCUT2D eigenvalue weighted by Gasteiger charge is -2.41. The van der Waals surface area contributed by atoms with Crippen molar-refractivity contribution in [3.63, 3.8) is 0 Å². The van der Waals surface area contributed by atoms with Crippen molar-refractivity contribution in [2.45, 2.75) is 18.0 Å². The van der Waals surface area contributed by atoms with E-state index in [1.54, 1.807) is 48.4 Å². The van der Waals surface area contributed by atoms with Gasteiger partial charge >= 0.3 is 0 Å². The molecule has 0 spiro atoms. The minimum Gasteiger partial charge on any atom is -0.345 e. The molecule has 176 valence electrons. The average Bonchev–Trinajstić information content (AvgIpc) is 3.51. The van der Waals surface area contributed by atoms with E-state index in [1.165, 1.54) is 15.6 Å². The van der Waals surface area contributed by atoms with Gasteiger partial charge in [-0.15, -0.1) is 17.8 Å². The van der Waals surface area contributed by atoms with E-state index in [9.17, 15) is 18.5 Å². The first kappa shape index (κ1) is 23.1. The smallest absolute Gasteiger partial charge is 0.264 e. The quantitative estimate of drug-likeness (QED) is 0.429. The number of thiophene rings is 1. The van der Waals surface area contributed by atoms with E-state index in [4.69, 9.17) is 6.42 Å². The fourth-order valence-corrected chi connectivity index (χ4v) is 6.80.